The average Bonchev–Trinajstić information content (AvgIpc) is 2.27. The number of hydrogen-bond donors (Lipinski definition) is 0. The Morgan fingerprint density at radius 1 is 1.18 bits per heavy atom. The number of carbonyl (C=O) groups excluding carboxylic acids is 1. The highest BCUT2D eigenvalue weighted by atomic mass is 32.2. The van der Waals surface area contributed by atoms with Gasteiger partial charge in [-0.15, -0.1) is 0 Å². The van der Waals surface area contributed by atoms with Crippen molar-refractivity contribution in [2.75, 3.05) is 11.9 Å². The molecule has 5 heteroatoms. The van der Waals surface area contributed by atoms with Gasteiger partial charge in [-0.25, -0.2) is 8.42 Å². The number of amides is 1. The number of sulfone groups is 1. The van der Waals surface area contributed by atoms with E-state index in [9.17, 15) is 13.2 Å². The summed E-state index contributed by atoms with van der Waals surface area (Å²) in [6.07, 6.45) is 0. The van der Waals surface area contributed by atoms with E-state index in [0.29, 0.717) is 5.69 Å². The van der Waals surface area contributed by atoms with Gasteiger partial charge < -0.3 is 4.90 Å². The van der Waals surface area contributed by atoms with Gasteiger partial charge in [0.2, 0.25) is 5.91 Å². The third kappa shape index (κ3) is 2.85. The summed E-state index contributed by atoms with van der Waals surface area (Å²) in [5, 5.41) is -0.445. The summed E-state index contributed by atoms with van der Waals surface area (Å²) in [4.78, 5) is 12.9. The first-order valence-electron chi connectivity index (χ1n) is 5.35. The van der Waals surface area contributed by atoms with Gasteiger partial charge in [-0.05, 0) is 38.1 Å². The summed E-state index contributed by atoms with van der Waals surface area (Å²) >= 11 is 0. The van der Waals surface area contributed by atoms with E-state index in [1.165, 1.54) is 24.0 Å². The molecule has 0 heterocycles. The number of hydrogen-bond acceptors (Lipinski definition) is 3. The summed E-state index contributed by atoms with van der Waals surface area (Å²) < 4.78 is 23.7. The lowest BCUT2D eigenvalue weighted by atomic mass is 10.3. The van der Waals surface area contributed by atoms with Crippen molar-refractivity contribution in [1.82, 2.24) is 0 Å². The molecule has 0 saturated heterocycles. The van der Waals surface area contributed by atoms with Crippen LogP contribution in [0.3, 0.4) is 0 Å². The largest absolute Gasteiger partial charge is 0.316 e. The minimum Gasteiger partial charge on any atom is -0.316 e. The summed E-state index contributed by atoms with van der Waals surface area (Å²) in [6.45, 7) is 4.74. The van der Waals surface area contributed by atoms with Crippen LogP contribution in [0, 0.1) is 0 Å². The average molecular weight is 255 g/mol. The van der Waals surface area contributed by atoms with E-state index < -0.39 is 15.1 Å². The molecule has 0 aliphatic heterocycles. The predicted octanol–water partition coefficient (Wildman–Crippen LogP) is 1.85. The van der Waals surface area contributed by atoms with E-state index in [4.69, 9.17) is 0 Å². The molecule has 1 rings (SSSR count). The van der Waals surface area contributed by atoms with Gasteiger partial charge in [0.15, 0.2) is 9.84 Å². The molecule has 0 saturated carbocycles. The second kappa shape index (κ2) is 4.87. The molecule has 0 unspecified atom stereocenters. The molecule has 0 bridgehead atoms. The smallest absolute Gasteiger partial charge is 0.223 e. The molecule has 17 heavy (non-hydrogen) atoms. The fourth-order valence-electron chi connectivity index (χ4n) is 1.31. The highest BCUT2D eigenvalue weighted by Gasteiger charge is 2.19. The predicted molar refractivity (Wildman–Crippen MR) is 67.8 cm³/mol. The molecule has 4 nitrogen and oxygen atoms in total. The molecule has 0 aliphatic carbocycles. The molecule has 0 spiro atoms. The van der Waals surface area contributed by atoms with E-state index in [-0.39, 0.29) is 10.8 Å². The van der Waals surface area contributed by atoms with Crippen LogP contribution in [0.5, 0.6) is 0 Å². The molecule has 0 N–H and O–H groups in total. The lowest BCUT2D eigenvalue weighted by Crippen LogP contribution is -2.22. The molecule has 94 valence electrons. The first kappa shape index (κ1) is 13.7. The zero-order valence-corrected chi connectivity index (χ0v) is 11.3. The molecule has 0 radical (unpaired) electrons. The van der Waals surface area contributed by atoms with E-state index in [0.717, 1.165) is 0 Å². The molecular weight excluding hydrogens is 238 g/mol. The van der Waals surface area contributed by atoms with Crippen molar-refractivity contribution in [2.45, 2.75) is 30.9 Å². The van der Waals surface area contributed by atoms with E-state index in [1.807, 2.05) is 0 Å². The molecule has 0 aromatic heterocycles. The third-order valence-corrected chi connectivity index (χ3v) is 4.82. The normalized spacial score (nSPS) is 11.6. The topological polar surface area (TPSA) is 54.5 Å². The van der Waals surface area contributed by atoms with Gasteiger partial charge in [0, 0.05) is 19.7 Å². The van der Waals surface area contributed by atoms with Crippen LogP contribution in [-0.2, 0) is 14.6 Å². The standard InChI is InChI=1S/C12H17NO3S/c1-9(2)17(15,16)12-7-5-11(6-8-12)13(4)10(3)14/h5-9H,1-4H3. The lowest BCUT2D eigenvalue weighted by Gasteiger charge is -2.15. The number of rotatable bonds is 3. The van der Waals surface area contributed by atoms with E-state index >= 15 is 0 Å². The highest BCUT2D eigenvalue weighted by molar-refractivity contribution is 7.92. The van der Waals surface area contributed by atoms with Gasteiger partial charge in [0.05, 0.1) is 10.1 Å². The Bertz CT molecular complexity index is 503. The molecule has 1 aromatic rings. The fourth-order valence-corrected chi connectivity index (χ4v) is 2.37. The maximum absolute atomic E-state index is 11.9. The van der Waals surface area contributed by atoms with Gasteiger partial charge in [0.25, 0.3) is 0 Å². The van der Waals surface area contributed by atoms with Gasteiger partial charge in [0.1, 0.15) is 0 Å². The van der Waals surface area contributed by atoms with Crippen molar-refractivity contribution in [3.8, 4) is 0 Å². The zero-order chi connectivity index (χ0) is 13.2. The maximum Gasteiger partial charge on any atom is 0.223 e. The Morgan fingerprint density at radius 3 is 2.00 bits per heavy atom. The minimum atomic E-state index is -3.24. The van der Waals surface area contributed by atoms with Crippen LogP contribution in [-0.4, -0.2) is 26.6 Å². The Balaban J connectivity index is 3.09. The van der Waals surface area contributed by atoms with E-state index in [1.54, 1.807) is 33.0 Å². The molecule has 1 amide bonds. The van der Waals surface area contributed by atoms with Crippen LogP contribution in [0.25, 0.3) is 0 Å². The van der Waals surface area contributed by atoms with Crippen LogP contribution in [0.15, 0.2) is 29.2 Å². The molecule has 0 atom stereocenters. The van der Waals surface area contributed by atoms with Crippen LogP contribution in [0.2, 0.25) is 0 Å². The number of carbonyl (C=O) groups is 1. The number of nitrogens with zero attached hydrogens (tertiary/aromatic N) is 1. The minimum absolute atomic E-state index is 0.0931. The fraction of sp³-hybridized carbons (Fsp3) is 0.417. The third-order valence-electron chi connectivity index (χ3n) is 2.65. The van der Waals surface area contributed by atoms with Crippen LogP contribution >= 0.6 is 0 Å². The first-order valence-corrected chi connectivity index (χ1v) is 6.89. The molecule has 1 aromatic carbocycles. The van der Waals surface area contributed by atoms with E-state index in [2.05, 4.69) is 0 Å². The molecular formula is C12H17NO3S. The van der Waals surface area contributed by atoms with Crippen molar-refractivity contribution in [3.05, 3.63) is 24.3 Å². The van der Waals surface area contributed by atoms with Crippen molar-refractivity contribution in [3.63, 3.8) is 0 Å². The number of benzene rings is 1. The molecule has 0 aliphatic rings. The van der Waals surface area contributed by atoms with Crippen molar-refractivity contribution >= 4 is 21.4 Å². The van der Waals surface area contributed by atoms with Crippen LogP contribution in [0.1, 0.15) is 20.8 Å². The summed E-state index contributed by atoms with van der Waals surface area (Å²) in [5.41, 5.74) is 0.681. The van der Waals surface area contributed by atoms with Crippen molar-refractivity contribution < 1.29 is 13.2 Å². The SMILES string of the molecule is CC(=O)N(C)c1ccc(S(=O)(=O)C(C)C)cc1. The quantitative estimate of drug-likeness (QED) is 0.828. The lowest BCUT2D eigenvalue weighted by molar-refractivity contribution is -0.116. The summed E-state index contributed by atoms with van der Waals surface area (Å²) in [6, 6.07) is 6.33. The second-order valence-corrected chi connectivity index (χ2v) is 6.67. The Labute approximate surface area is 102 Å². The Hall–Kier alpha value is -1.36. The Morgan fingerprint density at radius 2 is 1.65 bits per heavy atom. The maximum atomic E-state index is 11.9. The van der Waals surface area contributed by atoms with Gasteiger partial charge >= 0.3 is 0 Å². The van der Waals surface area contributed by atoms with Gasteiger partial charge in [-0.3, -0.25) is 4.79 Å². The van der Waals surface area contributed by atoms with Crippen LogP contribution in [0.4, 0.5) is 5.69 Å². The van der Waals surface area contributed by atoms with Gasteiger partial charge in [-0.2, -0.15) is 0 Å². The van der Waals surface area contributed by atoms with Crippen LogP contribution < -0.4 is 4.90 Å². The summed E-state index contributed by atoms with van der Waals surface area (Å²) in [7, 11) is -1.60. The highest BCUT2D eigenvalue weighted by Crippen LogP contribution is 2.20. The monoisotopic (exact) mass is 255 g/mol. The summed E-state index contributed by atoms with van der Waals surface area (Å²) in [5.74, 6) is -0.0931. The van der Waals surface area contributed by atoms with Gasteiger partial charge in [-0.1, -0.05) is 0 Å². The Kier molecular flexibility index (Phi) is 3.93. The first-order chi connectivity index (χ1) is 7.76. The molecule has 0 fully saturated rings. The number of anilines is 1. The van der Waals surface area contributed by atoms with Crippen molar-refractivity contribution in [1.29, 1.82) is 0 Å². The zero-order valence-electron chi connectivity index (χ0n) is 10.5. The second-order valence-electron chi connectivity index (χ2n) is 4.17. The van der Waals surface area contributed by atoms with Crippen molar-refractivity contribution in [2.24, 2.45) is 0 Å².